The van der Waals surface area contributed by atoms with Crippen LogP contribution in [0.4, 0.5) is 0 Å². The number of carbonyl (C=O) groups excluding carboxylic acids is 2. The van der Waals surface area contributed by atoms with Crippen LogP contribution in [0, 0.1) is 5.92 Å². The van der Waals surface area contributed by atoms with Gasteiger partial charge in [0, 0.05) is 70.4 Å². The second-order valence-corrected chi connectivity index (χ2v) is 6.71. The Bertz CT molecular complexity index is 717. The topological polar surface area (TPSA) is 71.3 Å². The third kappa shape index (κ3) is 4.68. The van der Waals surface area contributed by atoms with Gasteiger partial charge in [0.2, 0.25) is 11.8 Å². The van der Waals surface area contributed by atoms with E-state index in [2.05, 4.69) is 9.97 Å². The van der Waals surface area contributed by atoms with Crippen molar-refractivity contribution in [2.75, 3.05) is 26.7 Å². The van der Waals surface area contributed by atoms with Gasteiger partial charge in [-0.25, -0.2) is 4.98 Å². The maximum Gasteiger partial charge on any atom is 0.227 e. The van der Waals surface area contributed by atoms with Crippen LogP contribution < -0.4 is 0 Å². The summed E-state index contributed by atoms with van der Waals surface area (Å²) in [6.07, 6.45) is 8.90. The van der Waals surface area contributed by atoms with Crippen LogP contribution in [-0.4, -0.2) is 62.8 Å². The van der Waals surface area contributed by atoms with Gasteiger partial charge in [-0.1, -0.05) is 6.07 Å². The fourth-order valence-corrected chi connectivity index (χ4v) is 3.23. The number of aromatic nitrogens is 3. The molecule has 0 bridgehead atoms. The minimum Gasteiger partial charge on any atom is -0.344 e. The molecule has 0 radical (unpaired) electrons. The van der Waals surface area contributed by atoms with Gasteiger partial charge in [0.25, 0.3) is 0 Å². The number of likely N-dealkylation sites (tertiary alicyclic amines) is 1. The van der Waals surface area contributed by atoms with Gasteiger partial charge >= 0.3 is 0 Å². The highest BCUT2D eigenvalue weighted by molar-refractivity contribution is 5.83. The Morgan fingerprint density at radius 2 is 2.19 bits per heavy atom. The van der Waals surface area contributed by atoms with Crippen LogP contribution in [0.15, 0.2) is 43.1 Å². The fourth-order valence-electron chi connectivity index (χ4n) is 3.23. The molecule has 1 saturated heterocycles. The third-order valence-electron chi connectivity index (χ3n) is 4.84. The van der Waals surface area contributed by atoms with Gasteiger partial charge < -0.3 is 14.4 Å². The minimum absolute atomic E-state index is 0.112. The predicted molar refractivity (Wildman–Crippen MR) is 97.1 cm³/mol. The van der Waals surface area contributed by atoms with E-state index in [1.54, 1.807) is 23.6 Å². The smallest absolute Gasteiger partial charge is 0.227 e. The van der Waals surface area contributed by atoms with Gasteiger partial charge in [-0.05, 0) is 18.6 Å². The van der Waals surface area contributed by atoms with Crippen molar-refractivity contribution in [3.8, 4) is 0 Å². The molecule has 0 spiro atoms. The monoisotopic (exact) mass is 355 g/mol. The summed E-state index contributed by atoms with van der Waals surface area (Å²) in [6, 6.07) is 5.78. The maximum absolute atomic E-state index is 12.7. The Labute approximate surface area is 153 Å². The van der Waals surface area contributed by atoms with Gasteiger partial charge in [-0.2, -0.15) is 0 Å². The standard InChI is InChI=1S/C19H25N5O2/c1-22(12-13-23-11-9-20-15-23)19(26)16-5-6-18(25)24(14-16)10-7-17-4-2-3-8-21-17/h2-4,8-9,11,15-16H,5-7,10,12-14H2,1H3/t16-/m1/s1. The zero-order valence-corrected chi connectivity index (χ0v) is 15.1. The van der Waals surface area contributed by atoms with E-state index in [4.69, 9.17) is 0 Å². The molecule has 0 aliphatic carbocycles. The molecule has 138 valence electrons. The van der Waals surface area contributed by atoms with Gasteiger partial charge in [0.15, 0.2) is 0 Å². The predicted octanol–water partition coefficient (Wildman–Crippen LogP) is 1.22. The van der Waals surface area contributed by atoms with Crippen molar-refractivity contribution in [1.29, 1.82) is 0 Å². The normalized spacial score (nSPS) is 17.3. The molecule has 1 fully saturated rings. The summed E-state index contributed by atoms with van der Waals surface area (Å²) in [4.78, 5) is 36.8. The molecule has 7 nitrogen and oxygen atoms in total. The quantitative estimate of drug-likeness (QED) is 0.749. The lowest BCUT2D eigenvalue weighted by molar-refractivity contribution is -0.142. The Kier molecular flexibility index (Phi) is 5.99. The molecule has 7 heteroatoms. The van der Waals surface area contributed by atoms with Crippen molar-refractivity contribution < 1.29 is 9.59 Å². The first-order chi connectivity index (χ1) is 12.6. The molecule has 2 aromatic heterocycles. The number of rotatable bonds is 7. The highest BCUT2D eigenvalue weighted by atomic mass is 16.2. The van der Waals surface area contributed by atoms with Crippen molar-refractivity contribution in [3.63, 3.8) is 0 Å². The van der Waals surface area contributed by atoms with Crippen LogP contribution in [0.25, 0.3) is 0 Å². The van der Waals surface area contributed by atoms with Gasteiger partial charge in [0.05, 0.1) is 12.2 Å². The average Bonchev–Trinajstić information content (AvgIpc) is 3.19. The summed E-state index contributed by atoms with van der Waals surface area (Å²) in [7, 11) is 1.83. The second kappa shape index (κ2) is 8.60. The summed E-state index contributed by atoms with van der Waals surface area (Å²) >= 11 is 0. The lowest BCUT2D eigenvalue weighted by Crippen LogP contribution is -2.47. The van der Waals surface area contributed by atoms with E-state index in [0.717, 1.165) is 12.2 Å². The average molecular weight is 355 g/mol. The molecule has 1 aliphatic rings. The van der Waals surface area contributed by atoms with E-state index in [0.29, 0.717) is 38.9 Å². The maximum atomic E-state index is 12.7. The number of imidazole rings is 1. The number of nitrogens with zero attached hydrogens (tertiary/aromatic N) is 5. The van der Waals surface area contributed by atoms with Crippen LogP contribution in [-0.2, 0) is 22.6 Å². The number of amides is 2. The van der Waals surface area contributed by atoms with E-state index in [-0.39, 0.29) is 17.7 Å². The lowest BCUT2D eigenvalue weighted by atomic mass is 9.96. The van der Waals surface area contributed by atoms with Crippen LogP contribution >= 0.6 is 0 Å². The lowest BCUT2D eigenvalue weighted by Gasteiger charge is -2.34. The van der Waals surface area contributed by atoms with E-state index >= 15 is 0 Å². The zero-order chi connectivity index (χ0) is 18.4. The molecular weight excluding hydrogens is 330 g/mol. The molecular formula is C19H25N5O2. The Hall–Kier alpha value is -2.70. The first kappa shape index (κ1) is 18.1. The number of hydrogen-bond donors (Lipinski definition) is 0. The minimum atomic E-state index is -0.121. The van der Waals surface area contributed by atoms with E-state index in [9.17, 15) is 9.59 Å². The molecule has 1 aliphatic heterocycles. The summed E-state index contributed by atoms with van der Waals surface area (Å²) in [5.41, 5.74) is 0.964. The number of carbonyl (C=O) groups is 2. The van der Waals surface area contributed by atoms with E-state index in [1.807, 2.05) is 40.9 Å². The highest BCUT2D eigenvalue weighted by Gasteiger charge is 2.31. The van der Waals surface area contributed by atoms with Crippen molar-refractivity contribution in [3.05, 3.63) is 48.8 Å². The molecule has 3 heterocycles. The van der Waals surface area contributed by atoms with Crippen molar-refractivity contribution >= 4 is 11.8 Å². The van der Waals surface area contributed by atoms with Gasteiger partial charge in [-0.15, -0.1) is 0 Å². The van der Waals surface area contributed by atoms with Crippen molar-refractivity contribution in [1.82, 2.24) is 24.3 Å². The summed E-state index contributed by atoms with van der Waals surface area (Å²) in [6.45, 7) is 2.46. The Morgan fingerprint density at radius 3 is 2.92 bits per heavy atom. The van der Waals surface area contributed by atoms with Crippen LogP contribution in [0.5, 0.6) is 0 Å². The van der Waals surface area contributed by atoms with Gasteiger partial charge in [-0.3, -0.25) is 14.6 Å². The first-order valence-corrected chi connectivity index (χ1v) is 9.02. The summed E-state index contributed by atoms with van der Waals surface area (Å²) < 4.78 is 1.95. The number of likely N-dealkylation sites (N-methyl/N-ethyl adjacent to an activating group) is 1. The number of pyridine rings is 1. The molecule has 0 unspecified atom stereocenters. The van der Waals surface area contributed by atoms with Crippen LogP contribution in [0.2, 0.25) is 0 Å². The number of hydrogen-bond acceptors (Lipinski definition) is 4. The number of piperidine rings is 1. The van der Waals surface area contributed by atoms with E-state index in [1.165, 1.54) is 0 Å². The Morgan fingerprint density at radius 1 is 1.31 bits per heavy atom. The zero-order valence-electron chi connectivity index (χ0n) is 15.1. The molecule has 0 N–H and O–H groups in total. The Balaban J connectivity index is 1.51. The summed E-state index contributed by atoms with van der Waals surface area (Å²) in [5.74, 6) is 0.121. The fraction of sp³-hybridized carbons (Fsp3) is 0.474. The third-order valence-corrected chi connectivity index (χ3v) is 4.84. The summed E-state index contributed by atoms with van der Waals surface area (Å²) in [5, 5.41) is 0. The highest BCUT2D eigenvalue weighted by Crippen LogP contribution is 2.20. The largest absolute Gasteiger partial charge is 0.344 e. The van der Waals surface area contributed by atoms with Crippen molar-refractivity contribution in [2.24, 2.45) is 5.92 Å². The molecule has 0 saturated carbocycles. The van der Waals surface area contributed by atoms with Gasteiger partial charge in [0.1, 0.15) is 0 Å². The molecule has 1 atom stereocenters. The van der Waals surface area contributed by atoms with Crippen LogP contribution in [0.3, 0.4) is 0 Å². The molecule has 26 heavy (non-hydrogen) atoms. The first-order valence-electron chi connectivity index (χ1n) is 9.02. The second-order valence-electron chi connectivity index (χ2n) is 6.71. The van der Waals surface area contributed by atoms with E-state index < -0.39 is 0 Å². The molecule has 2 amide bonds. The van der Waals surface area contributed by atoms with Crippen molar-refractivity contribution in [2.45, 2.75) is 25.8 Å². The molecule has 0 aromatic carbocycles. The molecule has 2 aromatic rings. The SMILES string of the molecule is CN(CCn1ccnc1)C(=O)[C@@H]1CCC(=O)N(CCc2ccccn2)C1. The molecule has 3 rings (SSSR count). The van der Waals surface area contributed by atoms with Crippen LogP contribution in [0.1, 0.15) is 18.5 Å².